The average Bonchev–Trinajstić information content (AvgIpc) is 2.25. The van der Waals surface area contributed by atoms with Crippen LogP contribution in [-0.4, -0.2) is 48.7 Å². The van der Waals surface area contributed by atoms with E-state index >= 15 is 0 Å². The Labute approximate surface area is 97.7 Å². The van der Waals surface area contributed by atoms with Crippen LogP contribution >= 0.6 is 0 Å². The van der Waals surface area contributed by atoms with E-state index in [1.807, 2.05) is 33.4 Å². The van der Waals surface area contributed by atoms with E-state index in [9.17, 15) is 0 Å². The summed E-state index contributed by atoms with van der Waals surface area (Å²) >= 11 is 0. The predicted octanol–water partition coefficient (Wildman–Crippen LogP) is 1.47. The van der Waals surface area contributed by atoms with Crippen LogP contribution < -0.4 is 0 Å². The Balaban J connectivity index is 2.29. The van der Waals surface area contributed by atoms with Crippen molar-refractivity contribution in [2.24, 2.45) is 0 Å². The first-order valence-electron chi connectivity index (χ1n) is 5.60. The molecule has 4 heteroatoms. The number of aryl methyl sites for hydroxylation is 1. The van der Waals surface area contributed by atoms with E-state index in [1.54, 1.807) is 0 Å². The first-order chi connectivity index (χ1) is 7.59. The van der Waals surface area contributed by atoms with E-state index < -0.39 is 0 Å². The van der Waals surface area contributed by atoms with Gasteiger partial charge < -0.3 is 9.64 Å². The third-order valence-corrected chi connectivity index (χ3v) is 2.29. The van der Waals surface area contributed by atoms with Gasteiger partial charge in [0.05, 0.1) is 13.2 Å². The Hall–Kier alpha value is -1.00. The molecule has 0 radical (unpaired) electrons. The highest BCUT2D eigenvalue weighted by Gasteiger charge is 2.08. The minimum Gasteiger partial charge on any atom is -0.379 e. The Morgan fingerprint density at radius 3 is 2.50 bits per heavy atom. The zero-order valence-corrected chi connectivity index (χ0v) is 10.6. The zero-order chi connectivity index (χ0) is 12.0. The average molecular weight is 223 g/mol. The second kappa shape index (κ2) is 6.55. The molecular weight excluding hydrogens is 202 g/mol. The molecule has 0 amide bonds. The van der Waals surface area contributed by atoms with Gasteiger partial charge in [-0.15, -0.1) is 0 Å². The molecule has 0 fully saturated rings. The van der Waals surface area contributed by atoms with Gasteiger partial charge >= 0.3 is 0 Å². The summed E-state index contributed by atoms with van der Waals surface area (Å²) in [7, 11) is 4.08. The fourth-order valence-electron chi connectivity index (χ4n) is 1.24. The molecule has 1 aromatic rings. The van der Waals surface area contributed by atoms with Gasteiger partial charge in [-0.3, -0.25) is 0 Å². The molecule has 1 aromatic heterocycles. The Bertz CT molecular complexity index is 298. The fourth-order valence-corrected chi connectivity index (χ4v) is 1.24. The summed E-state index contributed by atoms with van der Waals surface area (Å²) in [4.78, 5) is 10.7. The maximum Gasteiger partial charge on any atom is 0.133 e. The van der Waals surface area contributed by atoms with E-state index in [2.05, 4.69) is 21.8 Å². The van der Waals surface area contributed by atoms with Crippen LogP contribution in [0.2, 0.25) is 0 Å². The van der Waals surface area contributed by atoms with Crippen LogP contribution in [0.15, 0.2) is 12.4 Å². The standard InChI is InChI=1S/C12H21N3O/c1-10-7-13-12(14-8-10)11(2)9-16-6-5-15(3)4/h7-8,11H,5-6,9H2,1-4H3/t11-/m1/s1. The molecule has 0 saturated carbocycles. The van der Waals surface area contributed by atoms with Crippen LogP contribution in [0.1, 0.15) is 24.2 Å². The van der Waals surface area contributed by atoms with Crippen molar-refractivity contribution in [3.8, 4) is 0 Å². The van der Waals surface area contributed by atoms with Crippen molar-refractivity contribution in [1.29, 1.82) is 0 Å². The van der Waals surface area contributed by atoms with Gasteiger partial charge in [-0.05, 0) is 26.6 Å². The Morgan fingerprint density at radius 2 is 1.94 bits per heavy atom. The number of rotatable bonds is 6. The highest BCUT2D eigenvalue weighted by molar-refractivity contribution is 5.04. The Kier molecular flexibility index (Phi) is 5.35. The lowest BCUT2D eigenvalue weighted by atomic mass is 10.2. The molecule has 0 aliphatic carbocycles. The van der Waals surface area contributed by atoms with Gasteiger partial charge in [0.1, 0.15) is 5.82 Å². The van der Waals surface area contributed by atoms with Crippen LogP contribution in [0, 0.1) is 6.92 Å². The third kappa shape index (κ3) is 4.68. The molecule has 1 rings (SSSR count). The normalized spacial score (nSPS) is 13.1. The fraction of sp³-hybridized carbons (Fsp3) is 0.667. The molecule has 1 heterocycles. The number of hydrogen-bond donors (Lipinski definition) is 0. The number of aromatic nitrogens is 2. The van der Waals surface area contributed by atoms with Gasteiger partial charge in [-0.2, -0.15) is 0 Å². The van der Waals surface area contributed by atoms with E-state index in [-0.39, 0.29) is 5.92 Å². The lowest BCUT2D eigenvalue weighted by Gasteiger charge is -2.13. The smallest absolute Gasteiger partial charge is 0.133 e. The molecule has 0 aromatic carbocycles. The Morgan fingerprint density at radius 1 is 1.31 bits per heavy atom. The molecule has 0 aliphatic rings. The molecule has 0 aliphatic heterocycles. The third-order valence-electron chi connectivity index (χ3n) is 2.29. The summed E-state index contributed by atoms with van der Waals surface area (Å²) in [5, 5.41) is 0. The first kappa shape index (κ1) is 13.1. The van der Waals surface area contributed by atoms with E-state index in [1.165, 1.54) is 0 Å². The molecule has 0 spiro atoms. The maximum atomic E-state index is 5.57. The van der Waals surface area contributed by atoms with Gasteiger partial charge in [-0.1, -0.05) is 6.92 Å². The van der Waals surface area contributed by atoms with E-state index in [0.717, 1.165) is 24.5 Å². The summed E-state index contributed by atoms with van der Waals surface area (Å²) < 4.78 is 5.57. The lowest BCUT2D eigenvalue weighted by Crippen LogP contribution is -2.19. The summed E-state index contributed by atoms with van der Waals surface area (Å²) in [6.45, 7) is 6.45. The minimum atomic E-state index is 0.253. The van der Waals surface area contributed by atoms with Crippen molar-refractivity contribution in [2.45, 2.75) is 19.8 Å². The quantitative estimate of drug-likeness (QED) is 0.684. The van der Waals surface area contributed by atoms with Crippen molar-refractivity contribution >= 4 is 0 Å². The zero-order valence-electron chi connectivity index (χ0n) is 10.6. The monoisotopic (exact) mass is 223 g/mol. The van der Waals surface area contributed by atoms with Crippen LogP contribution in [0.3, 0.4) is 0 Å². The van der Waals surface area contributed by atoms with Crippen LogP contribution in [0.4, 0.5) is 0 Å². The molecule has 4 nitrogen and oxygen atoms in total. The molecule has 0 unspecified atom stereocenters. The SMILES string of the molecule is Cc1cnc([C@H](C)COCCN(C)C)nc1. The van der Waals surface area contributed by atoms with Crippen molar-refractivity contribution < 1.29 is 4.74 Å². The molecule has 0 bridgehead atoms. The summed E-state index contributed by atoms with van der Waals surface area (Å²) in [5.41, 5.74) is 1.09. The summed E-state index contributed by atoms with van der Waals surface area (Å²) in [5.74, 6) is 1.11. The topological polar surface area (TPSA) is 38.2 Å². The van der Waals surface area contributed by atoms with Crippen LogP contribution in [0.5, 0.6) is 0 Å². The summed E-state index contributed by atoms with van der Waals surface area (Å²) in [6.07, 6.45) is 3.69. The van der Waals surface area contributed by atoms with Crippen molar-refractivity contribution in [1.82, 2.24) is 14.9 Å². The molecule has 0 saturated heterocycles. The lowest BCUT2D eigenvalue weighted by molar-refractivity contribution is 0.107. The highest BCUT2D eigenvalue weighted by Crippen LogP contribution is 2.09. The number of ether oxygens (including phenoxy) is 1. The second-order valence-electron chi connectivity index (χ2n) is 4.40. The van der Waals surface area contributed by atoms with Crippen LogP contribution in [0.25, 0.3) is 0 Å². The highest BCUT2D eigenvalue weighted by atomic mass is 16.5. The van der Waals surface area contributed by atoms with Crippen molar-refractivity contribution in [2.75, 3.05) is 33.9 Å². The maximum absolute atomic E-state index is 5.57. The first-order valence-corrected chi connectivity index (χ1v) is 5.60. The molecule has 0 N–H and O–H groups in total. The summed E-state index contributed by atoms with van der Waals surface area (Å²) in [6, 6.07) is 0. The van der Waals surface area contributed by atoms with Gasteiger partial charge in [0.15, 0.2) is 0 Å². The molecular formula is C12H21N3O. The van der Waals surface area contributed by atoms with Gasteiger partial charge in [0.2, 0.25) is 0 Å². The van der Waals surface area contributed by atoms with Crippen LogP contribution in [-0.2, 0) is 4.74 Å². The number of likely N-dealkylation sites (N-methyl/N-ethyl adjacent to an activating group) is 1. The van der Waals surface area contributed by atoms with E-state index in [0.29, 0.717) is 6.61 Å². The number of nitrogens with zero attached hydrogens (tertiary/aromatic N) is 3. The van der Waals surface area contributed by atoms with Gasteiger partial charge in [0.25, 0.3) is 0 Å². The predicted molar refractivity (Wildman–Crippen MR) is 64.6 cm³/mol. The van der Waals surface area contributed by atoms with Crippen molar-refractivity contribution in [3.05, 3.63) is 23.8 Å². The van der Waals surface area contributed by atoms with Gasteiger partial charge in [-0.25, -0.2) is 9.97 Å². The molecule has 1 atom stereocenters. The molecule has 16 heavy (non-hydrogen) atoms. The van der Waals surface area contributed by atoms with Gasteiger partial charge in [0, 0.05) is 24.9 Å². The largest absolute Gasteiger partial charge is 0.379 e. The number of hydrogen-bond acceptors (Lipinski definition) is 4. The second-order valence-corrected chi connectivity index (χ2v) is 4.40. The van der Waals surface area contributed by atoms with E-state index in [4.69, 9.17) is 4.74 Å². The minimum absolute atomic E-state index is 0.253. The van der Waals surface area contributed by atoms with Crippen molar-refractivity contribution in [3.63, 3.8) is 0 Å². The molecule has 90 valence electrons.